The van der Waals surface area contributed by atoms with Gasteiger partial charge in [0.1, 0.15) is 5.69 Å². The molecule has 0 bridgehead atoms. The lowest BCUT2D eigenvalue weighted by Crippen LogP contribution is -2.10. The average Bonchev–Trinajstić information content (AvgIpc) is 2.65. The summed E-state index contributed by atoms with van der Waals surface area (Å²) >= 11 is 0. The summed E-state index contributed by atoms with van der Waals surface area (Å²) in [4.78, 5) is 14.4. The van der Waals surface area contributed by atoms with E-state index in [4.69, 9.17) is 9.47 Å². The molecule has 0 radical (unpaired) electrons. The third kappa shape index (κ3) is 3.27. The highest BCUT2D eigenvalue weighted by Gasteiger charge is 1.99. The Morgan fingerprint density at radius 2 is 2.36 bits per heavy atom. The second-order valence-electron chi connectivity index (χ2n) is 2.73. The van der Waals surface area contributed by atoms with Crippen LogP contribution in [0.4, 0.5) is 0 Å². The maximum atomic E-state index is 10.5. The van der Waals surface area contributed by atoms with Gasteiger partial charge in [0.15, 0.2) is 6.29 Å². The highest BCUT2D eigenvalue weighted by atomic mass is 16.5. The van der Waals surface area contributed by atoms with Crippen LogP contribution in [0.25, 0.3) is 0 Å². The fraction of sp³-hybridized carbons (Fsp3) is 0.556. The van der Waals surface area contributed by atoms with Crippen molar-refractivity contribution in [3.8, 4) is 0 Å². The maximum absolute atomic E-state index is 10.5. The van der Waals surface area contributed by atoms with Gasteiger partial charge in [-0.3, -0.25) is 4.79 Å². The fourth-order valence-electron chi connectivity index (χ4n) is 1.02. The van der Waals surface area contributed by atoms with Gasteiger partial charge < -0.3 is 14.0 Å². The van der Waals surface area contributed by atoms with E-state index >= 15 is 0 Å². The number of carbonyl (C=O) groups is 1. The van der Waals surface area contributed by atoms with Crippen molar-refractivity contribution in [2.24, 2.45) is 0 Å². The molecule has 0 amide bonds. The number of methoxy groups -OCH3 is 1. The number of ether oxygens (including phenoxy) is 2. The molecule has 0 saturated carbocycles. The normalized spacial score (nSPS) is 10.4. The molecule has 0 saturated heterocycles. The Morgan fingerprint density at radius 1 is 1.50 bits per heavy atom. The molecule has 0 spiro atoms. The third-order valence-corrected chi connectivity index (χ3v) is 1.77. The van der Waals surface area contributed by atoms with Gasteiger partial charge in [0.05, 0.1) is 32.3 Å². The average molecular weight is 198 g/mol. The molecule has 1 aromatic rings. The molecule has 0 unspecified atom stereocenters. The Morgan fingerprint density at radius 3 is 3.07 bits per heavy atom. The van der Waals surface area contributed by atoms with Crippen molar-refractivity contribution < 1.29 is 14.3 Å². The summed E-state index contributed by atoms with van der Waals surface area (Å²) in [7, 11) is 1.63. The summed E-state index contributed by atoms with van der Waals surface area (Å²) in [5, 5.41) is 0. The number of aldehydes is 1. The van der Waals surface area contributed by atoms with Crippen LogP contribution in [0.3, 0.4) is 0 Å². The summed E-state index contributed by atoms with van der Waals surface area (Å²) in [6, 6.07) is 0. The Kier molecular flexibility index (Phi) is 4.88. The minimum Gasteiger partial charge on any atom is -0.382 e. The van der Waals surface area contributed by atoms with Crippen LogP contribution in [-0.4, -0.2) is 42.8 Å². The number of hydrogen-bond donors (Lipinski definition) is 0. The van der Waals surface area contributed by atoms with Crippen molar-refractivity contribution in [1.29, 1.82) is 0 Å². The first-order valence-corrected chi connectivity index (χ1v) is 4.40. The quantitative estimate of drug-likeness (QED) is 0.469. The molecule has 5 heteroatoms. The topological polar surface area (TPSA) is 53.4 Å². The molecule has 0 N–H and O–H groups in total. The molecule has 1 rings (SSSR count). The predicted molar refractivity (Wildman–Crippen MR) is 50.3 cm³/mol. The van der Waals surface area contributed by atoms with Gasteiger partial charge >= 0.3 is 0 Å². The molecule has 0 atom stereocenters. The minimum absolute atomic E-state index is 0.556. The minimum atomic E-state index is 0.556. The second kappa shape index (κ2) is 6.28. The van der Waals surface area contributed by atoms with Gasteiger partial charge in [0.2, 0.25) is 0 Å². The Labute approximate surface area is 82.6 Å². The van der Waals surface area contributed by atoms with Gasteiger partial charge in [0, 0.05) is 13.7 Å². The van der Waals surface area contributed by atoms with Crippen molar-refractivity contribution in [2.75, 3.05) is 26.9 Å². The lowest BCUT2D eigenvalue weighted by molar-refractivity contribution is 0.0663. The molecule has 0 aromatic carbocycles. The van der Waals surface area contributed by atoms with Crippen LogP contribution in [-0.2, 0) is 16.0 Å². The van der Waals surface area contributed by atoms with Gasteiger partial charge in [-0.2, -0.15) is 0 Å². The highest BCUT2D eigenvalue weighted by molar-refractivity contribution is 5.71. The second-order valence-corrected chi connectivity index (χ2v) is 2.73. The van der Waals surface area contributed by atoms with Crippen molar-refractivity contribution in [1.82, 2.24) is 9.55 Å². The van der Waals surface area contributed by atoms with Gasteiger partial charge in [-0.1, -0.05) is 0 Å². The molecule has 0 fully saturated rings. The zero-order valence-electron chi connectivity index (χ0n) is 8.18. The molecular formula is C9H14N2O3. The lowest BCUT2D eigenvalue weighted by Gasteiger charge is -2.05. The molecule has 0 aliphatic carbocycles. The predicted octanol–water partition coefficient (Wildman–Crippen LogP) is 0.359. The number of aromatic nitrogens is 2. The maximum Gasteiger partial charge on any atom is 0.168 e. The van der Waals surface area contributed by atoms with Gasteiger partial charge in [0.25, 0.3) is 0 Å². The molecular weight excluding hydrogens is 184 g/mol. The van der Waals surface area contributed by atoms with Crippen molar-refractivity contribution in [3.63, 3.8) is 0 Å². The largest absolute Gasteiger partial charge is 0.382 e. The van der Waals surface area contributed by atoms with Crippen LogP contribution in [0.5, 0.6) is 0 Å². The zero-order chi connectivity index (χ0) is 10.2. The van der Waals surface area contributed by atoms with E-state index in [9.17, 15) is 4.79 Å². The number of carbonyl (C=O) groups excluding carboxylic acids is 1. The molecule has 0 aliphatic heterocycles. The van der Waals surface area contributed by atoms with Crippen LogP contribution in [0.2, 0.25) is 0 Å². The van der Waals surface area contributed by atoms with Crippen LogP contribution >= 0.6 is 0 Å². The lowest BCUT2D eigenvalue weighted by atomic mass is 10.5. The summed E-state index contributed by atoms with van der Waals surface area (Å²) in [5.74, 6) is 0. The van der Waals surface area contributed by atoms with Crippen LogP contribution in [0.1, 0.15) is 10.5 Å². The van der Waals surface area contributed by atoms with Crippen LogP contribution < -0.4 is 0 Å². The van der Waals surface area contributed by atoms with Gasteiger partial charge in [-0.15, -0.1) is 0 Å². The number of imidazole rings is 1. The third-order valence-electron chi connectivity index (χ3n) is 1.77. The molecule has 5 nitrogen and oxygen atoms in total. The molecule has 0 aliphatic rings. The number of hydrogen-bond acceptors (Lipinski definition) is 4. The summed E-state index contributed by atoms with van der Waals surface area (Å²) in [6.07, 6.45) is 3.92. The van der Waals surface area contributed by atoms with Crippen molar-refractivity contribution in [3.05, 3.63) is 18.2 Å². The van der Waals surface area contributed by atoms with E-state index < -0.39 is 0 Å². The van der Waals surface area contributed by atoms with E-state index in [1.165, 1.54) is 6.20 Å². The highest BCUT2D eigenvalue weighted by Crippen LogP contribution is 1.95. The smallest absolute Gasteiger partial charge is 0.168 e. The van der Waals surface area contributed by atoms with Crippen molar-refractivity contribution >= 4 is 6.29 Å². The first-order chi connectivity index (χ1) is 6.88. The molecule has 78 valence electrons. The van der Waals surface area contributed by atoms with E-state index in [1.807, 2.05) is 0 Å². The first-order valence-electron chi connectivity index (χ1n) is 4.40. The Balaban J connectivity index is 2.21. The Hall–Kier alpha value is -1.20. The van der Waals surface area contributed by atoms with Crippen LogP contribution in [0, 0.1) is 0 Å². The van der Waals surface area contributed by atoms with E-state index in [0.29, 0.717) is 32.1 Å². The number of nitrogens with zero attached hydrogens (tertiary/aromatic N) is 2. The first kappa shape index (κ1) is 10.9. The van der Waals surface area contributed by atoms with E-state index in [2.05, 4.69) is 4.98 Å². The van der Waals surface area contributed by atoms with E-state index in [1.54, 1.807) is 18.0 Å². The zero-order valence-corrected chi connectivity index (χ0v) is 8.18. The molecule has 1 aromatic heterocycles. The van der Waals surface area contributed by atoms with E-state index in [0.717, 1.165) is 6.29 Å². The molecule has 14 heavy (non-hydrogen) atoms. The van der Waals surface area contributed by atoms with Crippen LogP contribution in [0.15, 0.2) is 12.5 Å². The fourth-order valence-corrected chi connectivity index (χ4v) is 1.02. The standard InChI is InChI=1S/C9H14N2O3/c1-13-4-5-14-3-2-11-8-10-6-9(11)7-12/h6-8H,2-5H2,1H3. The van der Waals surface area contributed by atoms with E-state index in [-0.39, 0.29) is 0 Å². The van der Waals surface area contributed by atoms with Gasteiger partial charge in [-0.25, -0.2) is 4.98 Å². The summed E-state index contributed by atoms with van der Waals surface area (Å²) in [6.45, 7) is 2.35. The van der Waals surface area contributed by atoms with Crippen molar-refractivity contribution in [2.45, 2.75) is 6.54 Å². The number of rotatable bonds is 7. The van der Waals surface area contributed by atoms with Gasteiger partial charge in [-0.05, 0) is 0 Å². The summed E-state index contributed by atoms with van der Waals surface area (Å²) < 4.78 is 11.8. The SMILES string of the molecule is COCCOCCn1cncc1C=O. The monoisotopic (exact) mass is 198 g/mol. The summed E-state index contributed by atoms with van der Waals surface area (Å²) in [5.41, 5.74) is 0.570. The molecule has 1 heterocycles. The Bertz CT molecular complexity index is 273.